The summed E-state index contributed by atoms with van der Waals surface area (Å²) in [5.41, 5.74) is 7.17. The molecule has 4 heteroatoms. The molecule has 4 nitrogen and oxygen atoms in total. The summed E-state index contributed by atoms with van der Waals surface area (Å²) < 4.78 is 10.2. The Morgan fingerprint density at radius 3 is 2.76 bits per heavy atom. The van der Waals surface area contributed by atoms with Gasteiger partial charge in [-0.1, -0.05) is 18.2 Å². The monoisotopic (exact) mass is 237 g/mol. The molecule has 0 aliphatic carbocycles. The molecule has 0 aliphatic rings. The van der Waals surface area contributed by atoms with Gasteiger partial charge in [0.2, 0.25) is 0 Å². The Bertz CT molecular complexity index is 352. The summed E-state index contributed by atoms with van der Waals surface area (Å²) in [5, 5.41) is 0. The van der Waals surface area contributed by atoms with Gasteiger partial charge in [-0.15, -0.1) is 0 Å². The van der Waals surface area contributed by atoms with E-state index in [1.165, 1.54) is 0 Å². The minimum absolute atomic E-state index is 0.224. The van der Waals surface area contributed by atoms with Gasteiger partial charge in [0.15, 0.2) is 0 Å². The Hall–Kier alpha value is -1.55. The molecule has 0 aliphatic heterocycles. The molecule has 94 valence electrons. The van der Waals surface area contributed by atoms with Gasteiger partial charge in [-0.05, 0) is 18.6 Å². The summed E-state index contributed by atoms with van der Waals surface area (Å²) >= 11 is 0. The molecule has 2 N–H and O–H groups in total. The summed E-state index contributed by atoms with van der Waals surface area (Å²) in [7, 11) is 0. The number of carbonyl (C=O) groups is 1. The second-order valence-electron chi connectivity index (χ2n) is 3.65. The smallest absolute Gasteiger partial charge is 0.310 e. The lowest BCUT2D eigenvalue weighted by molar-refractivity contribution is -0.143. The third-order valence-corrected chi connectivity index (χ3v) is 2.29. The maximum absolute atomic E-state index is 11.5. The molecule has 1 rings (SSSR count). The van der Waals surface area contributed by atoms with Crippen LogP contribution in [0.4, 0.5) is 5.69 Å². The van der Waals surface area contributed by atoms with E-state index in [2.05, 4.69) is 0 Å². The van der Waals surface area contributed by atoms with Crippen molar-refractivity contribution in [2.75, 3.05) is 25.6 Å². The Morgan fingerprint density at radius 2 is 2.06 bits per heavy atom. The van der Waals surface area contributed by atoms with Crippen LogP contribution < -0.4 is 5.73 Å². The average molecular weight is 237 g/mol. The lowest BCUT2D eigenvalue weighted by Gasteiger charge is -2.06. The minimum Gasteiger partial charge on any atom is -0.465 e. The van der Waals surface area contributed by atoms with Gasteiger partial charge in [-0.25, -0.2) is 0 Å². The van der Waals surface area contributed by atoms with E-state index in [-0.39, 0.29) is 12.4 Å². The van der Waals surface area contributed by atoms with Crippen LogP contribution in [-0.4, -0.2) is 25.8 Å². The summed E-state index contributed by atoms with van der Waals surface area (Å²) in [6.45, 7) is 3.64. The molecule has 17 heavy (non-hydrogen) atoms. The van der Waals surface area contributed by atoms with E-state index in [4.69, 9.17) is 15.2 Å². The highest BCUT2D eigenvalue weighted by atomic mass is 16.5. The van der Waals surface area contributed by atoms with Crippen LogP contribution in [0, 0.1) is 0 Å². The van der Waals surface area contributed by atoms with Gasteiger partial charge in [0.05, 0.1) is 13.0 Å². The van der Waals surface area contributed by atoms with E-state index in [1.54, 1.807) is 6.07 Å². The highest BCUT2D eigenvalue weighted by Crippen LogP contribution is 2.11. The van der Waals surface area contributed by atoms with Crippen molar-refractivity contribution in [3.63, 3.8) is 0 Å². The normalized spacial score (nSPS) is 10.2. The molecule has 0 fully saturated rings. The van der Waals surface area contributed by atoms with Crippen LogP contribution in [0.15, 0.2) is 24.3 Å². The number of benzene rings is 1. The van der Waals surface area contributed by atoms with Crippen LogP contribution >= 0.6 is 0 Å². The van der Waals surface area contributed by atoms with Crippen molar-refractivity contribution in [2.45, 2.75) is 19.8 Å². The fraction of sp³-hybridized carbons (Fsp3) is 0.462. The highest BCUT2D eigenvalue weighted by molar-refractivity contribution is 5.74. The molecular weight excluding hydrogens is 218 g/mol. The predicted molar refractivity (Wildman–Crippen MR) is 66.6 cm³/mol. The first-order valence-electron chi connectivity index (χ1n) is 5.80. The van der Waals surface area contributed by atoms with Crippen LogP contribution in [0.3, 0.4) is 0 Å². The van der Waals surface area contributed by atoms with Crippen molar-refractivity contribution in [1.29, 1.82) is 0 Å². The number of hydrogen-bond donors (Lipinski definition) is 1. The minimum atomic E-state index is -0.251. The molecule has 0 aromatic heterocycles. The zero-order valence-corrected chi connectivity index (χ0v) is 10.1. The quantitative estimate of drug-likeness (QED) is 0.446. The van der Waals surface area contributed by atoms with Crippen LogP contribution in [0.25, 0.3) is 0 Å². The zero-order chi connectivity index (χ0) is 12.5. The Balaban J connectivity index is 2.23. The van der Waals surface area contributed by atoms with Gasteiger partial charge in [0.1, 0.15) is 0 Å². The number of esters is 1. The van der Waals surface area contributed by atoms with E-state index in [1.807, 2.05) is 25.1 Å². The zero-order valence-electron chi connectivity index (χ0n) is 10.1. The Kier molecular flexibility index (Phi) is 6.10. The Morgan fingerprint density at radius 1 is 1.29 bits per heavy atom. The molecule has 0 heterocycles. The summed E-state index contributed by atoms with van der Waals surface area (Å²) in [6.07, 6.45) is 0.950. The highest BCUT2D eigenvalue weighted by Gasteiger charge is 2.06. The van der Waals surface area contributed by atoms with Crippen molar-refractivity contribution in [3.05, 3.63) is 29.8 Å². The summed E-state index contributed by atoms with van der Waals surface area (Å²) in [5.74, 6) is -0.251. The van der Waals surface area contributed by atoms with Crippen LogP contribution in [0.1, 0.15) is 18.9 Å². The fourth-order valence-corrected chi connectivity index (χ4v) is 1.39. The number of ether oxygens (including phenoxy) is 2. The van der Waals surface area contributed by atoms with Gasteiger partial charge < -0.3 is 15.2 Å². The topological polar surface area (TPSA) is 61.5 Å². The van der Waals surface area contributed by atoms with Crippen molar-refractivity contribution in [2.24, 2.45) is 0 Å². The van der Waals surface area contributed by atoms with Gasteiger partial charge in [0, 0.05) is 25.3 Å². The fourth-order valence-electron chi connectivity index (χ4n) is 1.39. The predicted octanol–water partition coefficient (Wildman–Crippen LogP) is 1.78. The van der Waals surface area contributed by atoms with E-state index in [0.717, 1.165) is 12.0 Å². The van der Waals surface area contributed by atoms with Crippen molar-refractivity contribution in [3.8, 4) is 0 Å². The Labute approximate surface area is 102 Å². The largest absolute Gasteiger partial charge is 0.465 e. The van der Waals surface area contributed by atoms with E-state index >= 15 is 0 Å². The van der Waals surface area contributed by atoms with Crippen molar-refractivity contribution >= 4 is 11.7 Å². The molecule has 0 atom stereocenters. The molecule has 0 spiro atoms. The third kappa shape index (κ3) is 5.36. The SMILES string of the molecule is CCOCCCOC(=O)Cc1ccccc1N. The van der Waals surface area contributed by atoms with E-state index in [9.17, 15) is 4.79 Å². The molecule has 0 amide bonds. The first-order valence-corrected chi connectivity index (χ1v) is 5.80. The van der Waals surface area contributed by atoms with Gasteiger partial charge >= 0.3 is 5.97 Å². The van der Waals surface area contributed by atoms with Crippen molar-refractivity contribution in [1.82, 2.24) is 0 Å². The lowest BCUT2D eigenvalue weighted by Crippen LogP contribution is -2.11. The maximum Gasteiger partial charge on any atom is 0.310 e. The van der Waals surface area contributed by atoms with Crippen LogP contribution in [0.2, 0.25) is 0 Å². The van der Waals surface area contributed by atoms with Gasteiger partial charge in [-0.2, -0.15) is 0 Å². The number of para-hydroxylation sites is 1. The lowest BCUT2D eigenvalue weighted by atomic mass is 10.1. The third-order valence-electron chi connectivity index (χ3n) is 2.29. The number of rotatable bonds is 7. The molecule has 0 unspecified atom stereocenters. The number of anilines is 1. The molecular formula is C13H19NO3. The molecule has 1 aromatic rings. The molecule has 0 saturated carbocycles. The molecule has 0 radical (unpaired) electrons. The number of hydrogen-bond acceptors (Lipinski definition) is 4. The second kappa shape index (κ2) is 7.68. The van der Waals surface area contributed by atoms with Gasteiger partial charge in [-0.3, -0.25) is 4.79 Å². The first kappa shape index (κ1) is 13.5. The maximum atomic E-state index is 11.5. The molecule has 0 bridgehead atoms. The standard InChI is InChI=1S/C13H19NO3/c1-2-16-8-5-9-17-13(15)10-11-6-3-4-7-12(11)14/h3-4,6-7H,2,5,8-10,14H2,1H3. The van der Waals surface area contributed by atoms with Gasteiger partial charge in [0.25, 0.3) is 0 Å². The number of nitrogen functional groups attached to an aromatic ring is 1. The molecule has 0 saturated heterocycles. The van der Waals surface area contributed by atoms with Crippen molar-refractivity contribution < 1.29 is 14.3 Å². The van der Waals surface area contributed by atoms with Crippen LogP contribution in [-0.2, 0) is 20.7 Å². The second-order valence-corrected chi connectivity index (χ2v) is 3.65. The van der Waals surface area contributed by atoms with E-state index < -0.39 is 0 Å². The first-order chi connectivity index (χ1) is 8.24. The van der Waals surface area contributed by atoms with E-state index in [0.29, 0.717) is 25.5 Å². The molecule has 1 aromatic carbocycles. The average Bonchev–Trinajstić information content (AvgIpc) is 2.32. The summed E-state index contributed by atoms with van der Waals surface area (Å²) in [4.78, 5) is 11.5. The number of nitrogens with two attached hydrogens (primary N) is 1. The van der Waals surface area contributed by atoms with Crippen LogP contribution in [0.5, 0.6) is 0 Å². The summed E-state index contributed by atoms with van der Waals surface area (Å²) in [6, 6.07) is 7.30. The number of carbonyl (C=O) groups excluding carboxylic acids is 1.